The summed E-state index contributed by atoms with van der Waals surface area (Å²) in [4.78, 5) is 17.5. The van der Waals surface area contributed by atoms with E-state index in [9.17, 15) is 4.79 Å². The fourth-order valence-electron chi connectivity index (χ4n) is 2.86. The molecule has 0 aliphatic heterocycles. The van der Waals surface area contributed by atoms with Crippen molar-refractivity contribution in [1.82, 2.24) is 10.4 Å². The van der Waals surface area contributed by atoms with Crippen LogP contribution in [-0.2, 0) is 0 Å². The zero-order valence-corrected chi connectivity index (χ0v) is 15.1. The summed E-state index contributed by atoms with van der Waals surface area (Å²) in [5, 5.41) is 4.66. The Morgan fingerprint density at radius 3 is 2.71 bits per heavy atom. The van der Waals surface area contributed by atoms with E-state index in [1.807, 2.05) is 42.5 Å². The molecule has 1 N–H and O–H groups in total. The van der Waals surface area contributed by atoms with Gasteiger partial charge in [-0.25, -0.2) is 10.4 Å². The number of aromatic nitrogens is 1. The van der Waals surface area contributed by atoms with Crippen LogP contribution in [0.3, 0.4) is 0 Å². The zero-order chi connectivity index (χ0) is 19.3. The maximum Gasteiger partial charge on any atom is 0.272 e. The Kier molecular flexibility index (Phi) is 4.84. The summed E-state index contributed by atoms with van der Waals surface area (Å²) < 4.78 is 10.5. The molecule has 0 radical (unpaired) electrons. The predicted octanol–water partition coefficient (Wildman–Crippen LogP) is 4.27. The second kappa shape index (κ2) is 7.75. The van der Waals surface area contributed by atoms with Crippen LogP contribution in [0.25, 0.3) is 22.2 Å². The van der Waals surface area contributed by atoms with Crippen LogP contribution in [0.5, 0.6) is 5.75 Å². The Morgan fingerprint density at radius 2 is 1.96 bits per heavy atom. The van der Waals surface area contributed by atoms with Gasteiger partial charge in [0.1, 0.15) is 11.5 Å². The average molecular weight is 371 g/mol. The third kappa shape index (κ3) is 3.61. The summed E-state index contributed by atoms with van der Waals surface area (Å²) in [5.74, 6) is 0.849. The van der Waals surface area contributed by atoms with Crippen molar-refractivity contribution in [1.29, 1.82) is 0 Å². The topological polar surface area (TPSA) is 76.7 Å². The van der Waals surface area contributed by atoms with Gasteiger partial charge in [-0.05, 0) is 36.4 Å². The highest BCUT2D eigenvalue weighted by atomic mass is 16.5. The van der Waals surface area contributed by atoms with E-state index in [2.05, 4.69) is 10.5 Å². The lowest BCUT2D eigenvalue weighted by molar-refractivity contribution is 0.0956. The van der Waals surface area contributed by atoms with E-state index >= 15 is 0 Å². The molecule has 2 aromatic heterocycles. The van der Waals surface area contributed by atoms with Crippen LogP contribution in [0, 0.1) is 0 Å². The second-order valence-corrected chi connectivity index (χ2v) is 6.02. The lowest BCUT2D eigenvalue weighted by atomic mass is 10.0. The van der Waals surface area contributed by atoms with Crippen LogP contribution in [-0.4, -0.2) is 24.2 Å². The number of carbonyl (C=O) groups is 1. The zero-order valence-electron chi connectivity index (χ0n) is 15.1. The molecule has 0 fully saturated rings. The Morgan fingerprint density at radius 1 is 1.11 bits per heavy atom. The third-order valence-corrected chi connectivity index (χ3v) is 4.23. The van der Waals surface area contributed by atoms with Gasteiger partial charge in [0.05, 0.1) is 36.4 Å². The maximum atomic E-state index is 12.8. The van der Waals surface area contributed by atoms with E-state index in [1.165, 1.54) is 12.5 Å². The number of amides is 1. The van der Waals surface area contributed by atoms with E-state index < -0.39 is 0 Å². The Balaban J connectivity index is 1.76. The highest BCUT2D eigenvalue weighted by Gasteiger charge is 2.14. The van der Waals surface area contributed by atoms with Crippen molar-refractivity contribution >= 4 is 23.0 Å². The minimum Gasteiger partial charge on any atom is -0.497 e. The highest BCUT2D eigenvalue weighted by Crippen LogP contribution is 2.27. The monoisotopic (exact) mass is 371 g/mol. The number of nitrogens with one attached hydrogen (secondary N) is 1. The first-order chi connectivity index (χ1) is 13.7. The molecule has 0 spiro atoms. The van der Waals surface area contributed by atoms with Gasteiger partial charge in [-0.1, -0.05) is 30.3 Å². The Hall–Kier alpha value is -3.93. The van der Waals surface area contributed by atoms with Gasteiger partial charge in [-0.3, -0.25) is 4.79 Å². The summed E-state index contributed by atoms with van der Waals surface area (Å²) in [6.07, 6.45) is 2.98. The van der Waals surface area contributed by atoms with Crippen molar-refractivity contribution in [2.45, 2.75) is 0 Å². The molecule has 0 atom stereocenters. The van der Waals surface area contributed by atoms with Crippen molar-refractivity contribution in [2.75, 3.05) is 7.11 Å². The molecule has 0 saturated carbocycles. The van der Waals surface area contributed by atoms with Crippen molar-refractivity contribution in [2.24, 2.45) is 5.10 Å². The number of carbonyl (C=O) groups excluding carboxylic acids is 1. The molecule has 2 aromatic carbocycles. The van der Waals surface area contributed by atoms with Gasteiger partial charge in [-0.15, -0.1) is 0 Å². The Labute approximate surface area is 161 Å². The summed E-state index contributed by atoms with van der Waals surface area (Å²) in [7, 11) is 1.58. The number of methoxy groups -OCH3 is 1. The van der Waals surface area contributed by atoms with Crippen LogP contribution in [0.1, 0.15) is 16.1 Å². The SMILES string of the molecule is COc1ccc2nc(-c3ccccc3)cc(C(=O)NN=Cc3ccco3)c2c1. The van der Waals surface area contributed by atoms with Gasteiger partial charge in [0.25, 0.3) is 5.91 Å². The number of pyridine rings is 1. The smallest absolute Gasteiger partial charge is 0.272 e. The average Bonchev–Trinajstić information content (AvgIpc) is 3.26. The lowest BCUT2D eigenvalue weighted by Crippen LogP contribution is -2.18. The van der Waals surface area contributed by atoms with Crippen LogP contribution in [0.2, 0.25) is 0 Å². The molecule has 6 heteroatoms. The molecular weight excluding hydrogens is 354 g/mol. The van der Waals surface area contributed by atoms with E-state index in [-0.39, 0.29) is 5.91 Å². The molecule has 2 heterocycles. The van der Waals surface area contributed by atoms with Gasteiger partial charge < -0.3 is 9.15 Å². The lowest BCUT2D eigenvalue weighted by Gasteiger charge is -2.10. The molecule has 0 saturated heterocycles. The number of fused-ring (bicyclic) bond motifs is 1. The number of hydrazone groups is 1. The number of hydrogen-bond acceptors (Lipinski definition) is 5. The first-order valence-electron chi connectivity index (χ1n) is 8.66. The molecule has 6 nitrogen and oxygen atoms in total. The maximum absolute atomic E-state index is 12.8. The molecule has 138 valence electrons. The fraction of sp³-hybridized carbons (Fsp3) is 0.0455. The first-order valence-corrected chi connectivity index (χ1v) is 8.66. The normalized spacial score (nSPS) is 11.0. The summed E-state index contributed by atoms with van der Waals surface area (Å²) in [6.45, 7) is 0. The van der Waals surface area contributed by atoms with Crippen LogP contribution >= 0.6 is 0 Å². The Bertz CT molecular complexity index is 1140. The van der Waals surface area contributed by atoms with E-state index in [0.717, 1.165) is 5.56 Å². The van der Waals surface area contributed by atoms with Crippen molar-refractivity contribution in [3.05, 3.63) is 84.3 Å². The predicted molar refractivity (Wildman–Crippen MR) is 107 cm³/mol. The molecular formula is C22H17N3O3. The van der Waals surface area contributed by atoms with Crippen molar-refractivity contribution < 1.29 is 13.9 Å². The van der Waals surface area contributed by atoms with Crippen molar-refractivity contribution in [3.63, 3.8) is 0 Å². The molecule has 0 unspecified atom stereocenters. The fourth-order valence-corrected chi connectivity index (χ4v) is 2.86. The summed E-state index contributed by atoms with van der Waals surface area (Å²) in [5.41, 5.74) is 5.33. The first kappa shape index (κ1) is 17.5. The molecule has 0 aliphatic rings. The molecule has 28 heavy (non-hydrogen) atoms. The van der Waals surface area contributed by atoms with Gasteiger partial charge >= 0.3 is 0 Å². The molecule has 0 aliphatic carbocycles. The summed E-state index contributed by atoms with van der Waals surface area (Å²) in [6, 6.07) is 20.4. The standard InChI is InChI=1S/C22H17N3O3/c1-27-16-9-10-20-18(12-16)19(13-21(24-20)15-6-3-2-4-7-15)22(26)25-23-14-17-8-5-11-28-17/h2-14H,1H3,(H,25,26). The number of hydrogen-bond donors (Lipinski definition) is 1. The van der Waals surface area contributed by atoms with E-state index in [4.69, 9.17) is 14.1 Å². The second-order valence-electron chi connectivity index (χ2n) is 6.02. The van der Waals surface area contributed by atoms with Gasteiger partial charge in [0, 0.05) is 10.9 Å². The molecule has 4 aromatic rings. The van der Waals surface area contributed by atoms with Crippen LogP contribution in [0.15, 0.2) is 82.5 Å². The number of rotatable bonds is 5. The highest BCUT2D eigenvalue weighted by molar-refractivity contribution is 6.07. The van der Waals surface area contributed by atoms with E-state index in [1.54, 1.807) is 31.4 Å². The number of nitrogens with zero attached hydrogens (tertiary/aromatic N) is 2. The van der Waals surface area contributed by atoms with Crippen LogP contribution < -0.4 is 10.2 Å². The molecule has 0 bridgehead atoms. The minimum absolute atomic E-state index is 0.347. The number of benzene rings is 2. The molecule has 4 rings (SSSR count). The largest absolute Gasteiger partial charge is 0.497 e. The van der Waals surface area contributed by atoms with E-state index in [0.29, 0.717) is 33.7 Å². The van der Waals surface area contributed by atoms with Crippen LogP contribution in [0.4, 0.5) is 0 Å². The van der Waals surface area contributed by atoms with Gasteiger partial charge in [-0.2, -0.15) is 5.10 Å². The number of furan rings is 1. The van der Waals surface area contributed by atoms with Gasteiger partial charge in [0.2, 0.25) is 0 Å². The quantitative estimate of drug-likeness (QED) is 0.420. The number of ether oxygens (including phenoxy) is 1. The third-order valence-electron chi connectivity index (χ3n) is 4.23. The van der Waals surface area contributed by atoms with Crippen molar-refractivity contribution in [3.8, 4) is 17.0 Å². The summed E-state index contributed by atoms with van der Waals surface area (Å²) >= 11 is 0. The molecule has 1 amide bonds. The van der Waals surface area contributed by atoms with Gasteiger partial charge in [0.15, 0.2) is 0 Å². The minimum atomic E-state index is -0.347.